The largest absolute Gasteiger partial charge is 0.463 e. The monoisotopic (exact) mass is 402 g/mol. The molecule has 1 fully saturated rings. The van der Waals surface area contributed by atoms with Crippen LogP contribution in [0.2, 0.25) is 0 Å². The van der Waals surface area contributed by atoms with Crippen molar-refractivity contribution in [2.75, 3.05) is 6.61 Å². The molecule has 0 aliphatic heterocycles. The van der Waals surface area contributed by atoms with Gasteiger partial charge in [0.2, 0.25) is 0 Å². The molecule has 2 aliphatic carbocycles. The number of ether oxygens (including phenoxy) is 1. The van der Waals surface area contributed by atoms with Crippen LogP contribution in [-0.2, 0) is 25.8 Å². The molecular formula is C28H34O2. The molecule has 0 N–H and O–H groups in total. The Balaban J connectivity index is 1.76. The van der Waals surface area contributed by atoms with Gasteiger partial charge in [-0.3, -0.25) is 0 Å². The lowest BCUT2D eigenvalue weighted by atomic mass is 9.62. The Labute approximate surface area is 181 Å². The second-order valence-corrected chi connectivity index (χ2v) is 10.3. The SMILES string of the molecule is CCOC(=O)/C=C/c1ccccc1C1(c2ccc3c(c2)C(C)(C)CCC3(C)C)CC1. The van der Waals surface area contributed by atoms with E-state index in [0.717, 1.165) is 18.4 Å². The van der Waals surface area contributed by atoms with E-state index in [1.54, 1.807) is 6.08 Å². The Morgan fingerprint density at radius 1 is 0.900 bits per heavy atom. The van der Waals surface area contributed by atoms with Crippen LogP contribution in [0.4, 0.5) is 0 Å². The summed E-state index contributed by atoms with van der Waals surface area (Å²) < 4.78 is 5.07. The maximum atomic E-state index is 11.8. The van der Waals surface area contributed by atoms with E-state index >= 15 is 0 Å². The van der Waals surface area contributed by atoms with Crippen LogP contribution >= 0.6 is 0 Å². The Morgan fingerprint density at radius 3 is 2.23 bits per heavy atom. The smallest absolute Gasteiger partial charge is 0.330 e. The van der Waals surface area contributed by atoms with Gasteiger partial charge in [-0.25, -0.2) is 4.79 Å². The minimum absolute atomic E-state index is 0.0578. The standard InChI is InChI=1S/C28H34O2/c1-6-30-25(29)14-11-20-9-7-8-10-22(20)28(17-18-28)21-12-13-23-24(19-21)27(4,5)16-15-26(23,2)3/h7-14,19H,6,15-18H2,1-5H3/b14-11+. The van der Waals surface area contributed by atoms with Gasteiger partial charge in [0.1, 0.15) is 0 Å². The number of benzene rings is 2. The first-order chi connectivity index (χ1) is 14.2. The molecule has 158 valence electrons. The molecular weight excluding hydrogens is 368 g/mol. The summed E-state index contributed by atoms with van der Waals surface area (Å²) >= 11 is 0. The predicted octanol–water partition coefficient (Wildman–Crippen LogP) is 6.69. The van der Waals surface area contributed by atoms with Gasteiger partial charge in [0.05, 0.1) is 6.61 Å². The number of rotatable bonds is 5. The molecule has 2 heteroatoms. The van der Waals surface area contributed by atoms with Gasteiger partial charge in [-0.15, -0.1) is 0 Å². The fourth-order valence-electron chi connectivity index (χ4n) is 5.15. The van der Waals surface area contributed by atoms with E-state index < -0.39 is 0 Å². The summed E-state index contributed by atoms with van der Waals surface area (Å²) in [5.74, 6) is -0.282. The summed E-state index contributed by atoms with van der Waals surface area (Å²) in [6.45, 7) is 11.8. The number of fused-ring (bicyclic) bond motifs is 1. The van der Waals surface area contributed by atoms with Crippen LogP contribution in [0.5, 0.6) is 0 Å². The van der Waals surface area contributed by atoms with E-state index in [1.807, 2.05) is 19.1 Å². The summed E-state index contributed by atoms with van der Waals surface area (Å²) in [5.41, 5.74) is 7.38. The quantitative estimate of drug-likeness (QED) is 0.411. The van der Waals surface area contributed by atoms with E-state index in [4.69, 9.17) is 4.74 Å². The third kappa shape index (κ3) is 3.62. The lowest BCUT2D eigenvalue weighted by Gasteiger charge is -2.42. The maximum absolute atomic E-state index is 11.8. The van der Waals surface area contributed by atoms with E-state index in [-0.39, 0.29) is 22.2 Å². The Kier molecular flexibility index (Phi) is 5.16. The number of carbonyl (C=O) groups is 1. The second kappa shape index (κ2) is 7.41. The molecule has 0 heterocycles. The molecule has 30 heavy (non-hydrogen) atoms. The van der Waals surface area contributed by atoms with Crippen molar-refractivity contribution in [2.45, 2.75) is 76.5 Å². The molecule has 0 atom stereocenters. The molecule has 2 aromatic carbocycles. The highest BCUT2D eigenvalue weighted by molar-refractivity contribution is 5.87. The third-order valence-corrected chi connectivity index (χ3v) is 7.32. The zero-order chi connectivity index (χ0) is 21.6. The highest BCUT2D eigenvalue weighted by Gasteiger charge is 2.48. The summed E-state index contributed by atoms with van der Waals surface area (Å²) in [6, 6.07) is 15.7. The van der Waals surface area contributed by atoms with Gasteiger partial charge >= 0.3 is 5.97 Å². The fraction of sp³-hybridized carbons (Fsp3) is 0.464. The van der Waals surface area contributed by atoms with Gasteiger partial charge in [0, 0.05) is 11.5 Å². The van der Waals surface area contributed by atoms with Crippen molar-refractivity contribution in [1.29, 1.82) is 0 Å². The molecule has 2 aromatic rings. The Morgan fingerprint density at radius 2 is 1.57 bits per heavy atom. The lowest BCUT2D eigenvalue weighted by Crippen LogP contribution is -2.34. The Bertz CT molecular complexity index is 989. The van der Waals surface area contributed by atoms with Gasteiger partial charge in [0.25, 0.3) is 0 Å². The first kappa shape index (κ1) is 20.9. The zero-order valence-electron chi connectivity index (χ0n) is 19.0. The summed E-state index contributed by atoms with van der Waals surface area (Å²) in [7, 11) is 0. The van der Waals surface area contributed by atoms with Crippen LogP contribution < -0.4 is 0 Å². The van der Waals surface area contributed by atoms with Gasteiger partial charge < -0.3 is 4.74 Å². The van der Waals surface area contributed by atoms with Crippen molar-refractivity contribution in [3.8, 4) is 0 Å². The topological polar surface area (TPSA) is 26.3 Å². The molecule has 1 saturated carbocycles. The van der Waals surface area contributed by atoms with E-state index in [2.05, 4.69) is 64.1 Å². The number of carbonyl (C=O) groups excluding carboxylic acids is 1. The highest BCUT2D eigenvalue weighted by atomic mass is 16.5. The normalized spacial score (nSPS) is 20.6. The number of hydrogen-bond acceptors (Lipinski definition) is 2. The minimum atomic E-state index is -0.282. The molecule has 2 aliphatic rings. The Hall–Kier alpha value is -2.35. The summed E-state index contributed by atoms with van der Waals surface area (Å²) in [4.78, 5) is 11.8. The van der Waals surface area contributed by atoms with Crippen LogP contribution in [0, 0.1) is 0 Å². The molecule has 0 spiro atoms. The number of hydrogen-bond donors (Lipinski definition) is 0. The van der Waals surface area contributed by atoms with Crippen LogP contribution in [0.1, 0.15) is 88.1 Å². The highest BCUT2D eigenvalue weighted by Crippen LogP contribution is 2.56. The van der Waals surface area contributed by atoms with Gasteiger partial charge in [-0.2, -0.15) is 0 Å². The average Bonchev–Trinajstić information content (AvgIpc) is 3.52. The summed E-state index contributed by atoms with van der Waals surface area (Å²) in [6.07, 6.45) is 8.23. The predicted molar refractivity (Wildman–Crippen MR) is 124 cm³/mol. The third-order valence-electron chi connectivity index (χ3n) is 7.32. The van der Waals surface area contributed by atoms with Crippen molar-refractivity contribution in [1.82, 2.24) is 0 Å². The van der Waals surface area contributed by atoms with Crippen molar-refractivity contribution in [2.24, 2.45) is 0 Å². The molecule has 0 amide bonds. The van der Waals surface area contributed by atoms with Crippen LogP contribution in [-0.4, -0.2) is 12.6 Å². The first-order valence-electron chi connectivity index (χ1n) is 11.3. The van der Waals surface area contributed by atoms with Crippen LogP contribution in [0.15, 0.2) is 48.5 Å². The fourth-order valence-corrected chi connectivity index (χ4v) is 5.15. The lowest BCUT2D eigenvalue weighted by molar-refractivity contribution is -0.137. The van der Waals surface area contributed by atoms with E-state index in [0.29, 0.717) is 6.61 Å². The molecule has 0 bridgehead atoms. The minimum Gasteiger partial charge on any atom is -0.463 e. The van der Waals surface area contributed by atoms with E-state index in [9.17, 15) is 4.79 Å². The number of esters is 1. The van der Waals surface area contributed by atoms with Gasteiger partial charge in [-0.1, -0.05) is 70.2 Å². The molecule has 0 aromatic heterocycles. The molecule has 0 saturated heterocycles. The van der Waals surface area contributed by atoms with Crippen molar-refractivity contribution in [3.63, 3.8) is 0 Å². The van der Waals surface area contributed by atoms with Crippen LogP contribution in [0.25, 0.3) is 6.08 Å². The van der Waals surface area contributed by atoms with Crippen LogP contribution in [0.3, 0.4) is 0 Å². The second-order valence-electron chi connectivity index (χ2n) is 10.3. The summed E-state index contributed by atoms with van der Waals surface area (Å²) in [5, 5.41) is 0. The molecule has 0 unspecified atom stereocenters. The van der Waals surface area contributed by atoms with Gasteiger partial charge in [-0.05, 0) is 77.3 Å². The van der Waals surface area contributed by atoms with Crippen molar-refractivity contribution < 1.29 is 9.53 Å². The molecule has 4 rings (SSSR count). The average molecular weight is 403 g/mol. The maximum Gasteiger partial charge on any atom is 0.330 e. The van der Waals surface area contributed by atoms with Crippen molar-refractivity contribution in [3.05, 3.63) is 76.4 Å². The van der Waals surface area contributed by atoms with Crippen molar-refractivity contribution >= 4 is 12.0 Å². The van der Waals surface area contributed by atoms with Gasteiger partial charge in [0.15, 0.2) is 0 Å². The first-order valence-corrected chi connectivity index (χ1v) is 11.3. The zero-order valence-corrected chi connectivity index (χ0v) is 19.0. The van der Waals surface area contributed by atoms with E-state index in [1.165, 1.54) is 35.1 Å². The molecule has 2 nitrogen and oxygen atoms in total. The molecule has 0 radical (unpaired) electrons.